The van der Waals surface area contributed by atoms with E-state index < -0.39 is 0 Å². The fourth-order valence-electron chi connectivity index (χ4n) is 3.70. The summed E-state index contributed by atoms with van der Waals surface area (Å²) >= 11 is 3.48. The van der Waals surface area contributed by atoms with Crippen LogP contribution in [0.4, 0.5) is 0 Å². The number of hydrogen-bond acceptors (Lipinski definition) is 0. The smallest absolute Gasteiger partial charge is 0.0207 e. The SMILES string of the molecule is Cc1cc(C)c(-c2cccc3c2C=CC3)cc1C.Cc1cc(C)c(Br)cc1C. The van der Waals surface area contributed by atoms with Gasteiger partial charge in [0.15, 0.2) is 0 Å². The molecule has 1 heteroatoms. The Hall–Kier alpha value is -2.12. The van der Waals surface area contributed by atoms with Crippen molar-refractivity contribution in [3.63, 3.8) is 0 Å². The molecule has 0 saturated carbocycles. The zero-order valence-electron chi connectivity index (χ0n) is 17.8. The van der Waals surface area contributed by atoms with Gasteiger partial charge in [-0.05, 0) is 110 Å². The van der Waals surface area contributed by atoms with Gasteiger partial charge in [-0.2, -0.15) is 0 Å². The van der Waals surface area contributed by atoms with Gasteiger partial charge >= 0.3 is 0 Å². The molecule has 0 bridgehead atoms. The largest absolute Gasteiger partial charge is 0.0795 e. The van der Waals surface area contributed by atoms with Crippen LogP contribution in [0.3, 0.4) is 0 Å². The van der Waals surface area contributed by atoms with Crippen molar-refractivity contribution in [1.82, 2.24) is 0 Å². The van der Waals surface area contributed by atoms with Gasteiger partial charge in [-0.3, -0.25) is 0 Å². The van der Waals surface area contributed by atoms with E-state index in [1.54, 1.807) is 0 Å². The van der Waals surface area contributed by atoms with Crippen LogP contribution in [0.2, 0.25) is 0 Å². The van der Waals surface area contributed by atoms with Gasteiger partial charge in [-0.15, -0.1) is 0 Å². The van der Waals surface area contributed by atoms with Gasteiger partial charge in [0.1, 0.15) is 0 Å². The van der Waals surface area contributed by atoms with Crippen LogP contribution in [0, 0.1) is 41.5 Å². The molecule has 0 spiro atoms. The van der Waals surface area contributed by atoms with Gasteiger partial charge in [-0.1, -0.05) is 64.5 Å². The Bertz CT molecular complexity index is 1000. The second-order valence-corrected chi connectivity index (χ2v) is 8.78. The second kappa shape index (κ2) is 8.49. The first-order valence-corrected chi connectivity index (χ1v) is 10.7. The molecular formula is C27H29Br. The molecule has 4 rings (SSSR count). The number of hydrogen-bond donors (Lipinski definition) is 0. The highest BCUT2D eigenvalue weighted by Crippen LogP contribution is 2.34. The highest BCUT2D eigenvalue weighted by atomic mass is 79.9. The van der Waals surface area contributed by atoms with Crippen molar-refractivity contribution in [2.24, 2.45) is 0 Å². The lowest BCUT2D eigenvalue weighted by molar-refractivity contribution is 1.28. The van der Waals surface area contributed by atoms with Crippen LogP contribution in [0.15, 0.2) is 53.0 Å². The van der Waals surface area contributed by atoms with Gasteiger partial charge in [0, 0.05) is 4.47 Å². The van der Waals surface area contributed by atoms with Crippen LogP contribution < -0.4 is 0 Å². The third-order valence-corrected chi connectivity index (χ3v) is 6.58. The Labute approximate surface area is 178 Å². The van der Waals surface area contributed by atoms with Gasteiger partial charge in [0.25, 0.3) is 0 Å². The summed E-state index contributed by atoms with van der Waals surface area (Å²) in [6, 6.07) is 15.6. The molecule has 0 unspecified atom stereocenters. The van der Waals surface area contributed by atoms with Crippen LogP contribution in [0.5, 0.6) is 0 Å². The van der Waals surface area contributed by atoms with Crippen LogP contribution in [-0.2, 0) is 6.42 Å². The van der Waals surface area contributed by atoms with Crippen LogP contribution >= 0.6 is 15.9 Å². The molecule has 0 atom stereocenters. The van der Waals surface area contributed by atoms with E-state index >= 15 is 0 Å². The normalized spacial score (nSPS) is 11.8. The summed E-state index contributed by atoms with van der Waals surface area (Å²) in [5.74, 6) is 0. The zero-order valence-corrected chi connectivity index (χ0v) is 19.4. The Morgan fingerprint density at radius 3 is 1.93 bits per heavy atom. The van der Waals surface area contributed by atoms with Crippen LogP contribution in [0.1, 0.15) is 44.5 Å². The van der Waals surface area contributed by atoms with Crippen molar-refractivity contribution in [2.45, 2.75) is 48.0 Å². The molecule has 144 valence electrons. The Balaban J connectivity index is 0.000000192. The van der Waals surface area contributed by atoms with E-state index in [4.69, 9.17) is 0 Å². The van der Waals surface area contributed by atoms with E-state index in [2.05, 4.69) is 112 Å². The predicted octanol–water partition coefficient (Wildman–Crippen LogP) is 8.22. The Kier molecular flexibility index (Phi) is 6.25. The molecule has 0 aromatic heterocycles. The molecule has 1 aliphatic carbocycles. The van der Waals surface area contributed by atoms with Crippen molar-refractivity contribution in [1.29, 1.82) is 0 Å². The first-order chi connectivity index (χ1) is 13.3. The minimum atomic E-state index is 1.08. The fourth-order valence-corrected chi connectivity index (χ4v) is 4.16. The topological polar surface area (TPSA) is 0 Å². The maximum Gasteiger partial charge on any atom is 0.0207 e. The Morgan fingerprint density at radius 1 is 0.643 bits per heavy atom. The molecule has 28 heavy (non-hydrogen) atoms. The number of allylic oxidation sites excluding steroid dienone is 1. The van der Waals surface area contributed by atoms with Crippen LogP contribution in [-0.4, -0.2) is 0 Å². The third-order valence-electron chi connectivity index (χ3n) is 5.72. The summed E-state index contributed by atoms with van der Waals surface area (Å²) in [6.45, 7) is 12.9. The maximum absolute atomic E-state index is 3.48. The summed E-state index contributed by atoms with van der Waals surface area (Å²) in [5, 5.41) is 0. The summed E-state index contributed by atoms with van der Waals surface area (Å²) in [4.78, 5) is 0. The van der Waals surface area contributed by atoms with Crippen molar-refractivity contribution in [2.75, 3.05) is 0 Å². The van der Waals surface area contributed by atoms with Crippen LogP contribution in [0.25, 0.3) is 17.2 Å². The first-order valence-electron chi connectivity index (χ1n) is 9.88. The van der Waals surface area contributed by atoms with E-state index in [1.807, 2.05) is 0 Å². The van der Waals surface area contributed by atoms with E-state index in [-0.39, 0.29) is 0 Å². The lowest BCUT2D eigenvalue weighted by Gasteiger charge is -2.13. The Morgan fingerprint density at radius 2 is 1.25 bits per heavy atom. The molecule has 0 radical (unpaired) electrons. The van der Waals surface area contributed by atoms with Gasteiger partial charge in [0.05, 0.1) is 0 Å². The standard InChI is InChI=1S/C18H18.C9H11Br/c1-12-10-14(3)18(11-13(12)2)17-9-5-7-15-6-4-8-16(15)17;1-6-4-8(3)9(10)5-7(6)2/h4-5,7-11H,6H2,1-3H3;4-5H,1-3H3. The summed E-state index contributed by atoms with van der Waals surface area (Å²) in [6.07, 6.45) is 5.59. The third kappa shape index (κ3) is 4.31. The quantitative estimate of drug-likeness (QED) is 0.363. The number of fused-ring (bicyclic) bond motifs is 1. The maximum atomic E-state index is 3.48. The van der Waals surface area contributed by atoms with Crippen molar-refractivity contribution >= 4 is 22.0 Å². The highest BCUT2D eigenvalue weighted by molar-refractivity contribution is 9.10. The molecule has 0 fully saturated rings. The zero-order chi connectivity index (χ0) is 20.4. The summed E-state index contributed by atoms with van der Waals surface area (Å²) < 4.78 is 1.20. The van der Waals surface area contributed by atoms with Crippen molar-refractivity contribution in [3.05, 3.63) is 97.5 Å². The van der Waals surface area contributed by atoms with Crippen molar-refractivity contribution < 1.29 is 0 Å². The molecule has 0 amide bonds. The van der Waals surface area contributed by atoms with E-state index in [1.165, 1.54) is 60.1 Å². The number of rotatable bonds is 1. The second-order valence-electron chi connectivity index (χ2n) is 7.92. The number of benzene rings is 3. The molecule has 0 saturated heterocycles. The monoisotopic (exact) mass is 432 g/mol. The molecule has 0 heterocycles. The number of aryl methyl sites for hydroxylation is 6. The molecular weight excluding hydrogens is 404 g/mol. The molecule has 3 aromatic rings. The highest BCUT2D eigenvalue weighted by Gasteiger charge is 2.13. The van der Waals surface area contributed by atoms with E-state index in [0.29, 0.717) is 0 Å². The van der Waals surface area contributed by atoms with Gasteiger partial charge in [-0.25, -0.2) is 0 Å². The summed E-state index contributed by atoms with van der Waals surface area (Å²) in [5.41, 5.74) is 13.7. The molecule has 1 aliphatic rings. The molecule has 0 nitrogen and oxygen atoms in total. The average molecular weight is 433 g/mol. The van der Waals surface area contributed by atoms with Crippen molar-refractivity contribution in [3.8, 4) is 11.1 Å². The van der Waals surface area contributed by atoms with E-state index in [0.717, 1.165) is 6.42 Å². The first kappa shape index (κ1) is 20.6. The minimum Gasteiger partial charge on any atom is -0.0795 e. The van der Waals surface area contributed by atoms with Gasteiger partial charge < -0.3 is 0 Å². The van der Waals surface area contributed by atoms with E-state index in [9.17, 15) is 0 Å². The molecule has 0 aliphatic heterocycles. The lowest BCUT2D eigenvalue weighted by atomic mass is 9.91. The molecule has 0 N–H and O–H groups in total. The number of halogens is 1. The minimum absolute atomic E-state index is 1.08. The summed E-state index contributed by atoms with van der Waals surface area (Å²) in [7, 11) is 0. The predicted molar refractivity (Wildman–Crippen MR) is 127 cm³/mol. The molecule has 3 aromatic carbocycles. The average Bonchev–Trinajstić information content (AvgIpc) is 3.13. The lowest BCUT2D eigenvalue weighted by Crippen LogP contribution is -1.92. The fraction of sp³-hybridized carbons (Fsp3) is 0.259. The van der Waals surface area contributed by atoms with Gasteiger partial charge in [0.2, 0.25) is 0 Å².